The molecule has 0 bridgehead atoms. The lowest BCUT2D eigenvalue weighted by Crippen LogP contribution is -2.47. The van der Waals surface area contributed by atoms with Gasteiger partial charge in [-0.15, -0.1) is 0 Å². The van der Waals surface area contributed by atoms with Crippen LogP contribution in [0, 0.1) is 0 Å². The normalized spacial score (nSPS) is 17.4. The van der Waals surface area contributed by atoms with Crippen LogP contribution in [0.4, 0.5) is 23.3 Å². The first-order valence-electron chi connectivity index (χ1n) is 14.5. The van der Waals surface area contributed by atoms with Gasteiger partial charge in [0.25, 0.3) is 0 Å². The van der Waals surface area contributed by atoms with Gasteiger partial charge in [0.1, 0.15) is 23.2 Å². The van der Waals surface area contributed by atoms with Crippen LogP contribution in [-0.2, 0) is 6.54 Å². The number of anilines is 4. The first-order chi connectivity index (χ1) is 20.1. The van der Waals surface area contributed by atoms with Crippen LogP contribution >= 0.6 is 12.2 Å². The molecule has 8 nitrogen and oxygen atoms in total. The number of nitrogens with zero attached hydrogens (tertiary/aromatic N) is 5. The molecule has 0 spiro atoms. The Hall–Kier alpha value is -4.11. The summed E-state index contributed by atoms with van der Waals surface area (Å²) in [5.74, 6) is 4.05. The van der Waals surface area contributed by atoms with E-state index in [1.165, 1.54) is 24.9 Å². The number of piperidine rings is 1. The molecule has 4 aromatic rings. The molecule has 41 heavy (non-hydrogen) atoms. The van der Waals surface area contributed by atoms with Crippen molar-refractivity contribution in [3.05, 3.63) is 84.6 Å². The van der Waals surface area contributed by atoms with Gasteiger partial charge in [-0.1, -0.05) is 48.5 Å². The zero-order chi connectivity index (χ0) is 28.0. The van der Waals surface area contributed by atoms with Crippen LogP contribution in [-0.4, -0.2) is 53.8 Å². The largest absolute Gasteiger partial charge is 0.459 e. The highest BCUT2D eigenvalue weighted by Crippen LogP contribution is 2.28. The topological polar surface area (TPSA) is 72.7 Å². The fourth-order valence-corrected chi connectivity index (χ4v) is 5.77. The van der Waals surface area contributed by atoms with Crippen LogP contribution in [0.15, 0.2) is 83.3 Å². The predicted molar refractivity (Wildman–Crippen MR) is 171 cm³/mol. The van der Waals surface area contributed by atoms with Crippen LogP contribution in [0.25, 0.3) is 11.3 Å². The van der Waals surface area contributed by atoms with E-state index in [1.807, 2.05) is 42.5 Å². The van der Waals surface area contributed by atoms with Gasteiger partial charge in [0.2, 0.25) is 5.95 Å². The molecular formula is C32H37N7OS. The number of piperazine rings is 1. The molecular weight excluding hydrogens is 530 g/mol. The van der Waals surface area contributed by atoms with Crippen LogP contribution < -0.4 is 25.3 Å². The second-order valence-electron chi connectivity index (χ2n) is 10.7. The molecule has 1 unspecified atom stereocenters. The average molecular weight is 568 g/mol. The molecule has 212 valence electrons. The zero-order valence-corrected chi connectivity index (χ0v) is 24.3. The van der Waals surface area contributed by atoms with Crippen LogP contribution in [0.1, 0.15) is 31.9 Å². The highest BCUT2D eigenvalue weighted by atomic mass is 32.1. The van der Waals surface area contributed by atoms with Gasteiger partial charge in [0.05, 0.1) is 6.54 Å². The van der Waals surface area contributed by atoms with E-state index in [4.69, 9.17) is 26.6 Å². The predicted octanol–water partition coefficient (Wildman–Crippen LogP) is 5.93. The average Bonchev–Trinajstić information content (AvgIpc) is 3.50. The van der Waals surface area contributed by atoms with E-state index in [-0.39, 0.29) is 0 Å². The van der Waals surface area contributed by atoms with E-state index in [0.29, 0.717) is 23.6 Å². The maximum Gasteiger partial charge on any atom is 0.232 e. The van der Waals surface area contributed by atoms with Crippen molar-refractivity contribution in [3.63, 3.8) is 0 Å². The Bertz CT molecular complexity index is 1440. The van der Waals surface area contributed by atoms with Crippen LogP contribution in [0.3, 0.4) is 0 Å². The molecule has 0 amide bonds. The Kier molecular flexibility index (Phi) is 8.32. The third kappa shape index (κ3) is 6.62. The first kappa shape index (κ1) is 27.1. The molecule has 2 aliphatic heterocycles. The third-order valence-corrected chi connectivity index (χ3v) is 8.14. The van der Waals surface area contributed by atoms with Crippen molar-refractivity contribution in [2.75, 3.05) is 52.7 Å². The molecule has 9 heteroatoms. The van der Waals surface area contributed by atoms with Crippen molar-refractivity contribution >= 4 is 40.6 Å². The van der Waals surface area contributed by atoms with E-state index in [2.05, 4.69) is 68.7 Å². The van der Waals surface area contributed by atoms with Gasteiger partial charge < -0.3 is 29.8 Å². The van der Waals surface area contributed by atoms with Crippen molar-refractivity contribution in [2.24, 2.45) is 0 Å². The number of rotatable bonds is 7. The summed E-state index contributed by atoms with van der Waals surface area (Å²) in [6, 6.07) is 27.2. The summed E-state index contributed by atoms with van der Waals surface area (Å²) in [4.78, 5) is 17.0. The van der Waals surface area contributed by atoms with Crippen molar-refractivity contribution in [1.82, 2.24) is 15.3 Å². The van der Waals surface area contributed by atoms with Crippen molar-refractivity contribution in [3.8, 4) is 11.3 Å². The van der Waals surface area contributed by atoms with E-state index in [9.17, 15) is 0 Å². The lowest BCUT2D eigenvalue weighted by molar-refractivity contribution is 0.481. The van der Waals surface area contributed by atoms with Gasteiger partial charge in [-0.05, 0) is 62.7 Å². The molecule has 0 aliphatic carbocycles. The first-order valence-corrected chi connectivity index (χ1v) is 14.9. The Morgan fingerprint density at radius 1 is 0.854 bits per heavy atom. The quantitative estimate of drug-likeness (QED) is 0.265. The van der Waals surface area contributed by atoms with Gasteiger partial charge in [0, 0.05) is 56.1 Å². The number of nitrogens with one attached hydrogen (secondary N) is 2. The van der Waals surface area contributed by atoms with Gasteiger partial charge in [-0.3, -0.25) is 0 Å². The van der Waals surface area contributed by atoms with Gasteiger partial charge in [0.15, 0.2) is 5.11 Å². The lowest BCUT2D eigenvalue weighted by atomic mass is 10.0. The molecule has 6 rings (SSSR count). The number of furan rings is 1. The number of aromatic nitrogens is 2. The molecule has 2 fully saturated rings. The standard InChI is InChI=1S/C32H37N7OS/c1-24-10-8-9-17-39(24)30-22-29(38-20-18-37(19-21-38)26-13-6-3-7-14-26)34-31(35-30)36-32(41)33-23-27-15-16-28(40-27)25-11-4-2-5-12-25/h2-7,11-16,22,24H,8-10,17-21,23H2,1H3,(H2,33,34,35,36,41). The summed E-state index contributed by atoms with van der Waals surface area (Å²) < 4.78 is 6.02. The molecule has 2 N–H and O–H groups in total. The van der Waals surface area contributed by atoms with Gasteiger partial charge >= 0.3 is 0 Å². The van der Waals surface area contributed by atoms with Crippen LogP contribution in [0.5, 0.6) is 0 Å². The number of benzene rings is 2. The molecule has 2 saturated heterocycles. The molecule has 1 atom stereocenters. The fraction of sp³-hybridized carbons (Fsp3) is 0.344. The maximum atomic E-state index is 6.02. The molecule has 4 heterocycles. The molecule has 0 radical (unpaired) electrons. The SMILES string of the molecule is CC1CCCCN1c1cc(N2CCN(c3ccccc3)CC2)nc(NC(=S)NCc2ccc(-c3ccccc3)o2)n1. The summed E-state index contributed by atoms with van der Waals surface area (Å²) in [6.07, 6.45) is 3.61. The summed E-state index contributed by atoms with van der Waals surface area (Å²) in [5.41, 5.74) is 2.32. The lowest BCUT2D eigenvalue weighted by Gasteiger charge is -2.38. The fourth-order valence-electron chi connectivity index (χ4n) is 5.60. The number of hydrogen-bond donors (Lipinski definition) is 2. The Morgan fingerprint density at radius 3 is 2.32 bits per heavy atom. The van der Waals surface area contributed by atoms with Gasteiger partial charge in [-0.2, -0.15) is 9.97 Å². The van der Waals surface area contributed by atoms with Crippen LogP contribution in [0.2, 0.25) is 0 Å². The van der Waals surface area contributed by atoms with E-state index in [0.717, 1.165) is 61.4 Å². The van der Waals surface area contributed by atoms with Crippen molar-refractivity contribution < 1.29 is 4.42 Å². The molecule has 2 aromatic carbocycles. The number of hydrogen-bond acceptors (Lipinski definition) is 7. The summed E-state index contributed by atoms with van der Waals surface area (Å²) >= 11 is 5.65. The number of thiocarbonyl (C=S) groups is 1. The van der Waals surface area contributed by atoms with E-state index in [1.54, 1.807) is 0 Å². The second kappa shape index (κ2) is 12.6. The summed E-state index contributed by atoms with van der Waals surface area (Å²) in [5, 5.41) is 6.97. The Morgan fingerprint density at radius 2 is 1.56 bits per heavy atom. The molecule has 0 saturated carbocycles. The second-order valence-corrected chi connectivity index (χ2v) is 11.1. The summed E-state index contributed by atoms with van der Waals surface area (Å²) in [6.45, 7) is 7.43. The monoisotopic (exact) mass is 567 g/mol. The third-order valence-electron chi connectivity index (χ3n) is 7.89. The molecule has 2 aliphatic rings. The molecule has 2 aromatic heterocycles. The smallest absolute Gasteiger partial charge is 0.232 e. The Balaban J connectivity index is 1.14. The minimum Gasteiger partial charge on any atom is -0.459 e. The van der Waals surface area contributed by atoms with Crippen molar-refractivity contribution in [2.45, 2.75) is 38.8 Å². The number of para-hydroxylation sites is 1. The van der Waals surface area contributed by atoms with Gasteiger partial charge in [-0.25, -0.2) is 0 Å². The van der Waals surface area contributed by atoms with Crippen molar-refractivity contribution in [1.29, 1.82) is 0 Å². The zero-order valence-electron chi connectivity index (χ0n) is 23.5. The maximum absolute atomic E-state index is 6.02. The minimum atomic E-state index is 0.442. The minimum absolute atomic E-state index is 0.442. The Labute approximate surface area is 247 Å². The van der Waals surface area contributed by atoms with E-state index < -0.39 is 0 Å². The highest BCUT2D eigenvalue weighted by molar-refractivity contribution is 7.80. The van der Waals surface area contributed by atoms with E-state index >= 15 is 0 Å². The highest BCUT2D eigenvalue weighted by Gasteiger charge is 2.24. The summed E-state index contributed by atoms with van der Waals surface area (Å²) in [7, 11) is 0.